The third-order valence-corrected chi connectivity index (χ3v) is 5.81. The smallest absolute Gasteiger partial charge is 0.255 e. The number of amides is 1. The molecule has 1 aliphatic heterocycles. The van der Waals surface area contributed by atoms with Gasteiger partial charge in [-0.15, -0.1) is 0 Å². The maximum atomic E-state index is 12.6. The minimum Gasteiger partial charge on any atom is -0.389 e. The van der Waals surface area contributed by atoms with E-state index in [1.807, 2.05) is 18.2 Å². The molecule has 3 fully saturated rings. The topological polar surface area (TPSA) is 86.2 Å². The summed E-state index contributed by atoms with van der Waals surface area (Å²) in [6.07, 6.45) is 8.73. The van der Waals surface area contributed by atoms with E-state index in [2.05, 4.69) is 22.0 Å². The van der Waals surface area contributed by atoms with Gasteiger partial charge < -0.3 is 26.1 Å². The fourth-order valence-corrected chi connectivity index (χ4v) is 3.80. The van der Waals surface area contributed by atoms with Crippen molar-refractivity contribution < 1.29 is 9.53 Å². The molecule has 2 atom stereocenters. The molecule has 0 spiro atoms. The molecule has 2 saturated carbocycles. The largest absolute Gasteiger partial charge is 0.389 e. The van der Waals surface area contributed by atoms with Crippen molar-refractivity contribution in [3.05, 3.63) is 47.3 Å². The number of hydrogen-bond acceptors (Lipinski definition) is 5. The van der Waals surface area contributed by atoms with Gasteiger partial charge in [-0.2, -0.15) is 0 Å². The van der Waals surface area contributed by atoms with Gasteiger partial charge >= 0.3 is 0 Å². The lowest BCUT2D eigenvalue weighted by molar-refractivity contribution is 0.0774. The van der Waals surface area contributed by atoms with Gasteiger partial charge in [-0.3, -0.25) is 4.79 Å². The Morgan fingerprint density at radius 1 is 1.21 bits per heavy atom. The molecule has 1 aromatic carbocycles. The molecule has 3 aliphatic rings. The van der Waals surface area contributed by atoms with E-state index in [-0.39, 0.29) is 5.91 Å². The standard InChI is InChI=1S/C22H30N4O2/c23-12-19(14-24-13-15-4-5-15)26-22(27)17-3-1-2-16(10-17)20-11-21(20)25-18-6-8-28-9-7-18/h1-3,10,12,14-15,18,20-21,23-25H,4-9,11,13H2,(H,26,27)/b19-14+,23-12?. The van der Waals surface area contributed by atoms with E-state index >= 15 is 0 Å². The molecule has 0 radical (unpaired) electrons. The van der Waals surface area contributed by atoms with Crippen LogP contribution in [0.25, 0.3) is 0 Å². The quantitative estimate of drug-likeness (QED) is 0.495. The number of rotatable bonds is 9. The van der Waals surface area contributed by atoms with Gasteiger partial charge in [0.1, 0.15) is 0 Å². The van der Waals surface area contributed by atoms with Crippen molar-refractivity contribution in [1.29, 1.82) is 5.41 Å². The second kappa shape index (κ2) is 8.88. The molecule has 0 bridgehead atoms. The Hall–Kier alpha value is -2.18. The molecule has 150 valence electrons. The third kappa shape index (κ3) is 5.20. The highest BCUT2D eigenvalue weighted by atomic mass is 16.5. The molecule has 4 N–H and O–H groups in total. The highest BCUT2D eigenvalue weighted by Gasteiger charge is 2.39. The van der Waals surface area contributed by atoms with Crippen LogP contribution < -0.4 is 16.0 Å². The first kappa shape index (κ1) is 19.2. The minimum atomic E-state index is -0.167. The number of ether oxygens (including phenoxy) is 1. The lowest BCUT2D eigenvalue weighted by Crippen LogP contribution is -2.36. The fourth-order valence-electron chi connectivity index (χ4n) is 3.80. The van der Waals surface area contributed by atoms with E-state index in [9.17, 15) is 4.79 Å². The molecule has 1 aromatic rings. The Kier molecular flexibility index (Phi) is 6.07. The van der Waals surface area contributed by atoms with Gasteiger partial charge in [0.25, 0.3) is 5.91 Å². The molecule has 2 unspecified atom stereocenters. The van der Waals surface area contributed by atoms with Crippen LogP contribution in [0.5, 0.6) is 0 Å². The van der Waals surface area contributed by atoms with Gasteiger partial charge in [0.05, 0.1) is 5.70 Å². The van der Waals surface area contributed by atoms with Crippen molar-refractivity contribution >= 4 is 12.1 Å². The summed E-state index contributed by atoms with van der Waals surface area (Å²) in [5.41, 5.74) is 2.34. The zero-order chi connectivity index (χ0) is 19.3. The Bertz CT molecular complexity index is 738. The minimum absolute atomic E-state index is 0.167. The van der Waals surface area contributed by atoms with Crippen LogP contribution in [0, 0.1) is 11.3 Å². The van der Waals surface area contributed by atoms with E-state index in [0.29, 0.717) is 29.3 Å². The predicted octanol–water partition coefficient (Wildman–Crippen LogP) is 2.53. The molecule has 28 heavy (non-hydrogen) atoms. The molecule has 1 saturated heterocycles. The zero-order valence-corrected chi connectivity index (χ0v) is 16.2. The van der Waals surface area contributed by atoms with E-state index in [0.717, 1.165) is 44.9 Å². The molecule has 0 aromatic heterocycles. The number of benzene rings is 1. The highest BCUT2D eigenvalue weighted by Crippen LogP contribution is 2.41. The SMILES string of the molecule is N=C/C(=C\NCC1CC1)NC(=O)c1cccc(C2CC2NC2CCOCC2)c1. The molecule has 1 heterocycles. The third-order valence-electron chi connectivity index (χ3n) is 5.81. The van der Waals surface area contributed by atoms with Crippen LogP contribution in [0.2, 0.25) is 0 Å². The Balaban J connectivity index is 1.31. The van der Waals surface area contributed by atoms with Crippen molar-refractivity contribution in [2.45, 2.75) is 50.1 Å². The van der Waals surface area contributed by atoms with Crippen LogP contribution in [0.15, 0.2) is 36.2 Å². The predicted molar refractivity (Wildman–Crippen MR) is 110 cm³/mol. The molecule has 6 nitrogen and oxygen atoms in total. The molecular formula is C22H30N4O2. The van der Waals surface area contributed by atoms with Crippen LogP contribution >= 0.6 is 0 Å². The van der Waals surface area contributed by atoms with Crippen LogP contribution in [0.1, 0.15) is 53.9 Å². The van der Waals surface area contributed by atoms with Crippen molar-refractivity contribution in [3.8, 4) is 0 Å². The Labute approximate surface area is 166 Å². The number of hydrogen-bond donors (Lipinski definition) is 4. The monoisotopic (exact) mass is 382 g/mol. The molecule has 6 heteroatoms. The van der Waals surface area contributed by atoms with Crippen molar-refractivity contribution in [2.75, 3.05) is 19.8 Å². The molecular weight excluding hydrogens is 352 g/mol. The van der Waals surface area contributed by atoms with Gasteiger partial charge in [0.15, 0.2) is 0 Å². The fraction of sp³-hybridized carbons (Fsp3) is 0.545. The summed E-state index contributed by atoms with van der Waals surface area (Å²) in [5.74, 6) is 1.06. The van der Waals surface area contributed by atoms with Gasteiger partial charge in [0, 0.05) is 55.7 Å². The number of nitrogens with one attached hydrogen (secondary N) is 4. The maximum absolute atomic E-state index is 12.6. The summed E-state index contributed by atoms with van der Waals surface area (Å²) in [7, 11) is 0. The van der Waals surface area contributed by atoms with Gasteiger partial charge in [-0.05, 0) is 55.7 Å². The summed E-state index contributed by atoms with van der Waals surface area (Å²) in [6.45, 7) is 2.61. The lowest BCUT2D eigenvalue weighted by atomic mass is 10.1. The average molecular weight is 383 g/mol. The van der Waals surface area contributed by atoms with Crippen molar-refractivity contribution in [2.24, 2.45) is 5.92 Å². The van der Waals surface area contributed by atoms with Gasteiger partial charge in [-0.1, -0.05) is 12.1 Å². The van der Waals surface area contributed by atoms with E-state index in [4.69, 9.17) is 10.1 Å². The van der Waals surface area contributed by atoms with Crippen LogP contribution in [-0.4, -0.2) is 44.0 Å². The van der Waals surface area contributed by atoms with Crippen LogP contribution in [0.4, 0.5) is 0 Å². The highest BCUT2D eigenvalue weighted by molar-refractivity contribution is 5.98. The Morgan fingerprint density at radius 2 is 2.04 bits per heavy atom. The maximum Gasteiger partial charge on any atom is 0.255 e. The first-order valence-corrected chi connectivity index (χ1v) is 10.4. The van der Waals surface area contributed by atoms with E-state index in [1.165, 1.54) is 24.6 Å². The summed E-state index contributed by atoms with van der Waals surface area (Å²) >= 11 is 0. The molecule has 2 aliphatic carbocycles. The van der Waals surface area contributed by atoms with Gasteiger partial charge in [0.2, 0.25) is 0 Å². The number of carbonyl (C=O) groups excluding carboxylic acids is 1. The number of allylic oxidation sites excluding steroid dienone is 1. The van der Waals surface area contributed by atoms with E-state index < -0.39 is 0 Å². The molecule has 1 amide bonds. The first-order chi connectivity index (χ1) is 13.7. The zero-order valence-electron chi connectivity index (χ0n) is 16.2. The summed E-state index contributed by atoms with van der Waals surface area (Å²) in [5, 5.41) is 17.3. The summed E-state index contributed by atoms with van der Waals surface area (Å²) < 4.78 is 5.43. The molecule has 4 rings (SSSR count). The Morgan fingerprint density at radius 3 is 2.79 bits per heavy atom. The summed E-state index contributed by atoms with van der Waals surface area (Å²) in [6, 6.07) is 8.94. The first-order valence-electron chi connectivity index (χ1n) is 10.4. The van der Waals surface area contributed by atoms with Gasteiger partial charge in [-0.25, -0.2) is 0 Å². The van der Waals surface area contributed by atoms with Crippen molar-refractivity contribution in [1.82, 2.24) is 16.0 Å². The van der Waals surface area contributed by atoms with Crippen LogP contribution in [-0.2, 0) is 4.74 Å². The second-order valence-corrected chi connectivity index (χ2v) is 8.18. The lowest BCUT2D eigenvalue weighted by Gasteiger charge is -2.23. The average Bonchev–Trinajstić information content (AvgIpc) is 3.65. The summed E-state index contributed by atoms with van der Waals surface area (Å²) in [4.78, 5) is 12.6. The van der Waals surface area contributed by atoms with Crippen molar-refractivity contribution in [3.63, 3.8) is 0 Å². The number of carbonyl (C=O) groups is 1. The second-order valence-electron chi connectivity index (χ2n) is 8.18. The van der Waals surface area contributed by atoms with E-state index in [1.54, 1.807) is 6.20 Å². The normalized spacial score (nSPS) is 25.2. The van der Waals surface area contributed by atoms with Crippen LogP contribution in [0.3, 0.4) is 0 Å².